The fourth-order valence-electron chi connectivity index (χ4n) is 2.60. The SMILES string of the molecule is CCC[C@H]1CC[C@H](C(O)c2cccc(Cl)c2)N1. The molecule has 1 aromatic rings. The smallest absolute Gasteiger partial charge is 0.0943 e. The van der Waals surface area contributed by atoms with Crippen molar-refractivity contribution in [1.82, 2.24) is 5.32 Å². The highest BCUT2D eigenvalue weighted by Crippen LogP contribution is 2.27. The van der Waals surface area contributed by atoms with Crippen LogP contribution >= 0.6 is 11.6 Å². The van der Waals surface area contributed by atoms with Crippen molar-refractivity contribution < 1.29 is 5.11 Å². The van der Waals surface area contributed by atoms with E-state index in [0.717, 1.165) is 18.4 Å². The van der Waals surface area contributed by atoms with Crippen LogP contribution in [0.2, 0.25) is 5.02 Å². The summed E-state index contributed by atoms with van der Waals surface area (Å²) in [5, 5.41) is 14.5. The lowest BCUT2D eigenvalue weighted by Gasteiger charge is -2.20. The van der Waals surface area contributed by atoms with Gasteiger partial charge in [0.2, 0.25) is 0 Å². The Morgan fingerprint density at radius 2 is 2.29 bits per heavy atom. The number of aliphatic hydroxyl groups is 1. The molecule has 3 heteroatoms. The predicted molar refractivity (Wildman–Crippen MR) is 71.3 cm³/mol. The minimum atomic E-state index is -0.449. The summed E-state index contributed by atoms with van der Waals surface area (Å²) in [7, 11) is 0. The third-order valence-electron chi connectivity index (χ3n) is 3.48. The molecule has 1 aliphatic heterocycles. The Bertz CT molecular complexity index is 369. The summed E-state index contributed by atoms with van der Waals surface area (Å²) in [6, 6.07) is 8.25. The average molecular weight is 254 g/mol. The second kappa shape index (κ2) is 5.85. The molecule has 1 aliphatic rings. The van der Waals surface area contributed by atoms with Gasteiger partial charge in [0.05, 0.1) is 6.10 Å². The molecule has 1 unspecified atom stereocenters. The van der Waals surface area contributed by atoms with E-state index in [1.54, 1.807) is 0 Å². The molecule has 0 spiro atoms. The van der Waals surface area contributed by atoms with Crippen LogP contribution < -0.4 is 5.32 Å². The Balaban J connectivity index is 1.99. The van der Waals surface area contributed by atoms with Crippen LogP contribution in [0.15, 0.2) is 24.3 Å². The first-order chi connectivity index (χ1) is 8.20. The van der Waals surface area contributed by atoms with Crippen LogP contribution in [0, 0.1) is 0 Å². The van der Waals surface area contributed by atoms with Gasteiger partial charge in [-0.1, -0.05) is 37.1 Å². The molecule has 17 heavy (non-hydrogen) atoms. The van der Waals surface area contributed by atoms with E-state index < -0.39 is 6.10 Å². The van der Waals surface area contributed by atoms with Gasteiger partial charge in [0, 0.05) is 17.1 Å². The molecule has 0 saturated carbocycles. The molecule has 1 heterocycles. The molecule has 0 aliphatic carbocycles. The minimum Gasteiger partial charge on any atom is -0.387 e. The average Bonchev–Trinajstić information content (AvgIpc) is 2.77. The maximum atomic E-state index is 10.3. The van der Waals surface area contributed by atoms with Crippen LogP contribution in [0.3, 0.4) is 0 Å². The zero-order valence-electron chi connectivity index (χ0n) is 10.2. The molecular weight excluding hydrogens is 234 g/mol. The summed E-state index contributed by atoms with van der Waals surface area (Å²) in [4.78, 5) is 0. The quantitative estimate of drug-likeness (QED) is 0.863. The summed E-state index contributed by atoms with van der Waals surface area (Å²) in [5.74, 6) is 0. The first-order valence-corrected chi connectivity index (χ1v) is 6.78. The van der Waals surface area contributed by atoms with Gasteiger partial charge in [0.25, 0.3) is 0 Å². The van der Waals surface area contributed by atoms with Crippen molar-refractivity contribution in [2.45, 2.75) is 50.8 Å². The fraction of sp³-hybridized carbons (Fsp3) is 0.571. The highest BCUT2D eigenvalue weighted by molar-refractivity contribution is 6.30. The van der Waals surface area contributed by atoms with E-state index in [2.05, 4.69) is 12.2 Å². The number of hydrogen-bond donors (Lipinski definition) is 2. The summed E-state index contributed by atoms with van der Waals surface area (Å²) >= 11 is 5.94. The second-order valence-corrected chi connectivity index (χ2v) is 5.27. The van der Waals surface area contributed by atoms with Crippen molar-refractivity contribution in [3.8, 4) is 0 Å². The monoisotopic (exact) mass is 253 g/mol. The van der Waals surface area contributed by atoms with Gasteiger partial charge in [-0.3, -0.25) is 0 Å². The van der Waals surface area contributed by atoms with E-state index in [9.17, 15) is 5.11 Å². The van der Waals surface area contributed by atoms with E-state index in [-0.39, 0.29) is 6.04 Å². The second-order valence-electron chi connectivity index (χ2n) is 4.84. The van der Waals surface area contributed by atoms with E-state index in [1.165, 1.54) is 12.8 Å². The van der Waals surface area contributed by atoms with E-state index in [0.29, 0.717) is 11.1 Å². The Morgan fingerprint density at radius 1 is 1.47 bits per heavy atom. The predicted octanol–water partition coefficient (Wildman–Crippen LogP) is 3.29. The van der Waals surface area contributed by atoms with Gasteiger partial charge in [-0.05, 0) is 37.0 Å². The number of benzene rings is 1. The molecule has 2 nitrogen and oxygen atoms in total. The Labute approximate surface area is 108 Å². The summed E-state index contributed by atoms with van der Waals surface area (Å²) in [5.41, 5.74) is 0.909. The van der Waals surface area contributed by atoms with Gasteiger partial charge in [-0.2, -0.15) is 0 Å². The van der Waals surface area contributed by atoms with Gasteiger partial charge in [0.1, 0.15) is 0 Å². The zero-order chi connectivity index (χ0) is 12.3. The molecule has 1 fully saturated rings. The van der Waals surface area contributed by atoms with Crippen LogP contribution in [-0.4, -0.2) is 17.2 Å². The van der Waals surface area contributed by atoms with Crippen LogP contribution in [0.1, 0.15) is 44.3 Å². The van der Waals surface area contributed by atoms with Crippen LogP contribution in [0.5, 0.6) is 0 Å². The maximum absolute atomic E-state index is 10.3. The summed E-state index contributed by atoms with van der Waals surface area (Å²) < 4.78 is 0. The number of halogens is 1. The number of rotatable bonds is 4. The molecule has 2 N–H and O–H groups in total. The standard InChI is InChI=1S/C14H20ClNO/c1-2-4-12-7-8-13(16-12)14(17)10-5-3-6-11(15)9-10/h3,5-6,9,12-14,16-17H,2,4,7-8H2,1H3/t12-,13+,14?/m0/s1. The van der Waals surface area contributed by atoms with E-state index in [1.807, 2.05) is 24.3 Å². The number of nitrogens with one attached hydrogen (secondary N) is 1. The number of hydrogen-bond acceptors (Lipinski definition) is 2. The molecule has 1 saturated heterocycles. The van der Waals surface area contributed by atoms with Crippen molar-refractivity contribution in [1.29, 1.82) is 0 Å². The molecule has 0 bridgehead atoms. The normalized spacial score (nSPS) is 26.1. The lowest BCUT2D eigenvalue weighted by molar-refractivity contribution is 0.135. The van der Waals surface area contributed by atoms with Gasteiger partial charge in [-0.25, -0.2) is 0 Å². The lowest BCUT2D eigenvalue weighted by atomic mass is 10.0. The van der Waals surface area contributed by atoms with Crippen molar-refractivity contribution in [3.05, 3.63) is 34.9 Å². The highest BCUT2D eigenvalue weighted by atomic mass is 35.5. The minimum absolute atomic E-state index is 0.171. The fourth-order valence-corrected chi connectivity index (χ4v) is 2.80. The van der Waals surface area contributed by atoms with Gasteiger partial charge < -0.3 is 10.4 Å². The zero-order valence-corrected chi connectivity index (χ0v) is 11.0. The third-order valence-corrected chi connectivity index (χ3v) is 3.72. The maximum Gasteiger partial charge on any atom is 0.0943 e. The Hall–Kier alpha value is -0.570. The van der Waals surface area contributed by atoms with Crippen LogP contribution in [0.4, 0.5) is 0 Å². The molecule has 0 radical (unpaired) electrons. The van der Waals surface area contributed by atoms with E-state index >= 15 is 0 Å². The van der Waals surface area contributed by atoms with Crippen LogP contribution in [0.25, 0.3) is 0 Å². The number of aliphatic hydroxyl groups excluding tert-OH is 1. The topological polar surface area (TPSA) is 32.3 Å². The Kier molecular flexibility index (Phi) is 4.43. The van der Waals surface area contributed by atoms with Crippen LogP contribution in [-0.2, 0) is 0 Å². The van der Waals surface area contributed by atoms with Crippen molar-refractivity contribution in [2.24, 2.45) is 0 Å². The van der Waals surface area contributed by atoms with E-state index in [4.69, 9.17) is 11.6 Å². The van der Waals surface area contributed by atoms with Gasteiger partial charge in [0.15, 0.2) is 0 Å². The summed E-state index contributed by atoms with van der Waals surface area (Å²) in [6.45, 7) is 2.20. The molecule has 2 rings (SSSR count). The first-order valence-electron chi connectivity index (χ1n) is 6.40. The largest absolute Gasteiger partial charge is 0.387 e. The van der Waals surface area contributed by atoms with Crippen molar-refractivity contribution in [2.75, 3.05) is 0 Å². The van der Waals surface area contributed by atoms with Gasteiger partial charge in [-0.15, -0.1) is 0 Å². The van der Waals surface area contributed by atoms with Crippen molar-refractivity contribution in [3.63, 3.8) is 0 Å². The van der Waals surface area contributed by atoms with Crippen molar-refractivity contribution >= 4 is 11.6 Å². The summed E-state index contributed by atoms with van der Waals surface area (Å²) in [6.07, 6.45) is 4.14. The molecule has 1 aromatic carbocycles. The molecule has 0 aromatic heterocycles. The molecule has 94 valence electrons. The first kappa shape index (κ1) is 12.9. The highest BCUT2D eigenvalue weighted by Gasteiger charge is 2.29. The molecular formula is C14H20ClNO. The lowest BCUT2D eigenvalue weighted by Crippen LogP contribution is -2.33. The van der Waals surface area contributed by atoms with Gasteiger partial charge >= 0.3 is 0 Å². The Morgan fingerprint density at radius 3 is 3.00 bits per heavy atom. The molecule has 3 atom stereocenters. The third kappa shape index (κ3) is 3.21. The molecule has 0 amide bonds.